The third-order valence-corrected chi connectivity index (χ3v) is 6.33. The van der Waals surface area contributed by atoms with E-state index in [-0.39, 0.29) is 10.8 Å². The van der Waals surface area contributed by atoms with Crippen molar-refractivity contribution in [3.05, 3.63) is 71.3 Å². The van der Waals surface area contributed by atoms with Crippen LogP contribution in [0.3, 0.4) is 0 Å². The molecule has 0 unspecified atom stereocenters. The molecule has 0 aromatic heterocycles. The standard InChI is InChI=1S/C25H25ClO2/c1-24(2)12-13-25(3,4)22-15-18(9-11-21(22)24)28-17-8-10-19-16(14-17)6-5-7-20(19)23(26)27/h5-11,14-15H,12-13H2,1-4H3. The van der Waals surface area contributed by atoms with E-state index in [4.69, 9.17) is 16.3 Å². The molecule has 28 heavy (non-hydrogen) atoms. The Hall–Kier alpha value is -2.32. The van der Waals surface area contributed by atoms with Gasteiger partial charge in [0.15, 0.2) is 0 Å². The number of carbonyl (C=O) groups excluding carboxylic acids is 1. The molecule has 3 aromatic carbocycles. The molecule has 0 radical (unpaired) electrons. The second-order valence-electron chi connectivity index (χ2n) is 9.04. The zero-order chi connectivity index (χ0) is 20.1. The molecule has 0 heterocycles. The number of ether oxygens (including phenoxy) is 1. The van der Waals surface area contributed by atoms with Gasteiger partial charge in [0.1, 0.15) is 11.5 Å². The molecular formula is C25H25ClO2. The molecule has 0 spiro atoms. The maximum Gasteiger partial charge on any atom is 0.253 e. The van der Waals surface area contributed by atoms with Gasteiger partial charge in [-0.05, 0) is 93.6 Å². The summed E-state index contributed by atoms with van der Waals surface area (Å²) in [5.74, 6) is 1.59. The van der Waals surface area contributed by atoms with E-state index in [9.17, 15) is 4.79 Å². The van der Waals surface area contributed by atoms with E-state index in [0.29, 0.717) is 5.56 Å². The Morgan fingerprint density at radius 3 is 2.21 bits per heavy atom. The van der Waals surface area contributed by atoms with Gasteiger partial charge in [0, 0.05) is 5.56 Å². The Labute approximate surface area is 171 Å². The molecule has 0 aliphatic heterocycles. The predicted octanol–water partition coefficient (Wildman–Crippen LogP) is 7.36. The smallest absolute Gasteiger partial charge is 0.253 e. The summed E-state index contributed by atoms with van der Waals surface area (Å²) in [5, 5.41) is 1.32. The molecule has 0 atom stereocenters. The highest BCUT2D eigenvalue weighted by atomic mass is 35.5. The zero-order valence-corrected chi connectivity index (χ0v) is 17.6. The van der Waals surface area contributed by atoms with Crippen molar-refractivity contribution >= 4 is 27.6 Å². The Kier molecular flexibility index (Phi) is 4.50. The van der Waals surface area contributed by atoms with Gasteiger partial charge in [-0.2, -0.15) is 0 Å². The Bertz CT molecular complexity index is 1080. The highest BCUT2D eigenvalue weighted by molar-refractivity contribution is 6.68. The second-order valence-corrected chi connectivity index (χ2v) is 9.38. The van der Waals surface area contributed by atoms with Crippen LogP contribution in [0, 0.1) is 0 Å². The largest absolute Gasteiger partial charge is 0.457 e. The molecule has 144 valence electrons. The minimum Gasteiger partial charge on any atom is -0.457 e. The van der Waals surface area contributed by atoms with Gasteiger partial charge in [-0.25, -0.2) is 0 Å². The first-order valence-electron chi connectivity index (χ1n) is 9.73. The molecule has 4 rings (SSSR count). The number of rotatable bonds is 3. The number of hydrogen-bond acceptors (Lipinski definition) is 2. The van der Waals surface area contributed by atoms with E-state index in [2.05, 4.69) is 45.9 Å². The van der Waals surface area contributed by atoms with Crippen LogP contribution in [0.5, 0.6) is 11.5 Å². The van der Waals surface area contributed by atoms with Crippen molar-refractivity contribution < 1.29 is 9.53 Å². The molecule has 1 aliphatic rings. The summed E-state index contributed by atoms with van der Waals surface area (Å²) in [4.78, 5) is 11.6. The lowest BCUT2D eigenvalue weighted by Crippen LogP contribution is -2.33. The molecule has 3 aromatic rings. The van der Waals surface area contributed by atoms with Gasteiger partial charge in [0.25, 0.3) is 5.24 Å². The van der Waals surface area contributed by atoms with E-state index in [1.165, 1.54) is 24.0 Å². The topological polar surface area (TPSA) is 26.3 Å². The van der Waals surface area contributed by atoms with Crippen LogP contribution in [0.2, 0.25) is 0 Å². The Morgan fingerprint density at radius 2 is 1.50 bits per heavy atom. The lowest BCUT2D eigenvalue weighted by Gasteiger charge is -2.41. The van der Waals surface area contributed by atoms with Gasteiger partial charge in [-0.1, -0.05) is 45.9 Å². The molecule has 0 fully saturated rings. The number of halogens is 1. The summed E-state index contributed by atoms with van der Waals surface area (Å²) in [5.41, 5.74) is 3.64. The molecule has 0 bridgehead atoms. The Morgan fingerprint density at radius 1 is 0.857 bits per heavy atom. The molecule has 0 saturated heterocycles. The van der Waals surface area contributed by atoms with Gasteiger partial charge >= 0.3 is 0 Å². The average molecular weight is 393 g/mol. The number of benzene rings is 3. The monoisotopic (exact) mass is 392 g/mol. The van der Waals surface area contributed by atoms with Gasteiger partial charge in [0.05, 0.1) is 0 Å². The van der Waals surface area contributed by atoms with Crippen LogP contribution in [-0.4, -0.2) is 5.24 Å². The van der Waals surface area contributed by atoms with E-state index >= 15 is 0 Å². The molecule has 0 N–H and O–H groups in total. The fourth-order valence-corrected chi connectivity index (χ4v) is 4.43. The van der Waals surface area contributed by atoms with Crippen molar-refractivity contribution in [2.45, 2.75) is 51.4 Å². The normalized spacial score (nSPS) is 17.2. The van der Waals surface area contributed by atoms with Crippen LogP contribution < -0.4 is 4.74 Å². The molecule has 0 amide bonds. The van der Waals surface area contributed by atoms with Crippen LogP contribution in [0.4, 0.5) is 0 Å². The highest BCUT2D eigenvalue weighted by Gasteiger charge is 2.37. The first-order valence-corrected chi connectivity index (χ1v) is 10.1. The van der Waals surface area contributed by atoms with Crippen molar-refractivity contribution in [3.8, 4) is 11.5 Å². The van der Waals surface area contributed by atoms with Crippen LogP contribution in [0.25, 0.3) is 10.8 Å². The van der Waals surface area contributed by atoms with Crippen molar-refractivity contribution in [1.29, 1.82) is 0 Å². The number of fused-ring (bicyclic) bond motifs is 2. The predicted molar refractivity (Wildman–Crippen MR) is 116 cm³/mol. The molecule has 0 saturated carbocycles. The lowest BCUT2D eigenvalue weighted by atomic mass is 9.63. The van der Waals surface area contributed by atoms with Crippen LogP contribution >= 0.6 is 11.6 Å². The lowest BCUT2D eigenvalue weighted by molar-refractivity contribution is 0.108. The third-order valence-electron chi connectivity index (χ3n) is 6.12. The molecule has 2 nitrogen and oxygen atoms in total. The van der Waals surface area contributed by atoms with Gasteiger partial charge in [0.2, 0.25) is 0 Å². The van der Waals surface area contributed by atoms with Gasteiger partial charge in [-0.15, -0.1) is 0 Å². The fraction of sp³-hybridized carbons (Fsp3) is 0.320. The number of hydrogen-bond donors (Lipinski definition) is 0. The minimum atomic E-state index is -0.446. The fourth-order valence-electron chi connectivity index (χ4n) is 4.26. The highest BCUT2D eigenvalue weighted by Crippen LogP contribution is 2.47. The average Bonchev–Trinajstić information content (AvgIpc) is 2.65. The molecule has 3 heteroatoms. The van der Waals surface area contributed by atoms with Gasteiger partial charge < -0.3 is 4.74 Å². The van der Waals surface area contributed by atoms with Crippen LogP contribution in [0.15, 0.2) is 54.6 Å². The summed E-state index contributed by atoms with van der Waals surface area (Å²) in [6.07, 6.45) is 2.36. The first-order chi connectivity index (χ1) is 13.2. The van der Waals surface area contributed by atoms with E-state index in [1.54, 1.807) is 6.07 Å². The van der Waals surface area contributed by atoms with Crippen molar-refractivity contribution in [2.75, 3.05) is 0 Å². The summed E-state index contributed by atoms with van der Waals surface area (Å²) in [6, 6.07) is 17.8. The van der Waals surface area contributed by atoms with Gasteiger partial charge in [-0.3, -0.25) is 4.79 Å². The zero-order valence-electron chi connectivity index (χ0n) is 16.8. The quantitative estimate of drug-likeness (QED) is 0.435. The maximum atomic E-state index is 11.6. The van der Waals surface area contributed by atoms with Crippen LogP contribution in [0.1, 0.15) is 62.0 Å². The van der Waals surface area contributed by atoms with E-state index in [1.807, 2.05) is 30.3 Å². The minimum absolute atomic E-state index is 0.142. The van der Waals surface area contributed by atoms with Crippen molar-refractivity contribution in [3.63, 3.8) is 0 Å². The first kappa shape index (κ1) is 19.0. The summed E-state index contributed by atoms with van der Waals surface area (Å²) >= 11 is 5.70. The Balaban J connectivity index is 1.71. The number of carbonyl (C=O) groups is 1. The third kappa shape index (κ3) is 3.31. The molecule has 1 aliphatic carbocycles. The summed E-state index contributed by atoms with van der Waals surface area (Å²) in [6.45, 7) is 9.26. The molecular weight excluding hydrogens is 368 g/mol. The van der Waals surface area contributed by atoms with E-state index < -0.39 is 5.24 Å². The van der Waals surface area contributed by atoms with Crippen molar-refractivity contribution in [1.82, 2.24) is 0 Å². The summed E-state index contributed by atoms with van der Waals surface area (Å²) < 4.78 is 6.20. The maximum absolute atomic E-state index is 11.6. The van der Waals surface area contributed by atoms with Crippen LogP contribution in [-0.2, 0) is 10.8 Å². The summed E-state index contributed by atoms with van der Waals surface area (Å²) in [7, 11) is 0. The van der Waals surface area contributed by atoms with Crippen molar-refractivity contribution in [2.24, 2.45) is 0 Å². The van der Waals surface area contributed by atoms with E-state index in [0.717, 1.165) is 22.3 Å². The second kappa shape index (κ2) is 6.63. The SMILES string of the molecule is CC1(C)CCC(C)(C)c2cc(Oc3ccc4c(C(=O)Cl)cccc4c3)ccc21.